The van der Waals surface area contributed by atoms with Crippen molar-refractivity contribution in [1.29, 1.82) is 0 Å². The molecule has 1 unspecified atom stereocenters. The van der Waals surface area contributed by atoms with E-state index < -0.39 is 29.6 Å². The highest BCUT2D eigenvalue weighted by atomic mass is 16.5. The molecule has 5 atom stereocenters. The number of aryl methyl sites for hydroxylation is 2. The number of hydrogen-bond donors (Lipinski definition) is 1. The third-order valence-electron chi connectivity index (χ3n) is 8.28. The Bertz CT molecular complexity index is 1330. The highest BCUT2D eigenvalue weighted by Crippen LogP contribution is 2.53. The smallest absolute Gasteiger partial charge is 0.253 e. The zero-order valence-corrected chi connectivity index (χ0v) is 21.5. The molecular weight excluding hydrogens is 482 g/mol. The number of benzene rings is 2. The zero-order valence-electron chi connectivity index (χ0n) is 21.5. The van der Waals surface area contributed by atoms with Crippen molar-refractivity contribution in [3.05, 3.63) is 84.0 Å². The maximum absolute atomic E-state index is 14.4. The first-order chi connectivity index (χ1) is 18.4. The molecule has 3 amide bonds. The van der Waals surface area contributed by atoms with Crippen LogP contribution in [0.4, 0.5) is 11.4 Å². The van der Waals surface area contributed by atoms with Crippen LogP contribution < -0.4 is 9.80 Å². The number of amides is 3. The topological polar surface area (TPSA) is 90.4 Å². The molecule has 0 aliphatic carbocycles. The summed E-state index contributed by atoms with van der Waals surface area (Å²) in [6, 6.07) is 14.2. The maximum atomic E-state index is 14.4. The molecule has 4 aliphatic rings. The van der Waals surface area contributed by atoms with Crippen LogP contribution in [0.5, 0.6) is 0 Å². The van der Waals surface area contributed by atoms with E-state index in [0.29, 0.717) is 13.1 Å². The fourth-order valence-electron chi connectivity index (χ4n) is 6.76. The first-order valence-corrected chi connectivity index (χ1v) is 13.1. The van der Waals surface area contributed by atoms with Gasteiger partial charge in [0.25, 0.3) is 5.91 Å². The van der Waals surface area contributed by atoms with E-state index in [1.54, 1.807) is 9.80 Å². The fraction of sp³-hybridized carbons (Fsp3) is 0.367. The summed E-state index contributed by atoms with van der Waals surface area (Å²) in [6.45, 7) is 4.28. The van der Waals surface area contributed by atoms with Gasteiger partial charge in [0.2, 0.25) is 11.8 Å². The highest BCUT2D eigenvalue weighted by molar-refractivity contribution is 6.07. The molecule has 38 heavy (non-hydrogen) atoms. The van der Waals surface area contributed by atoms with Gasteiger partial charge in [0.1, 0.15) is 11.6 Å². The van der Waals surface area contributed by atoms with Gasteiger partial charge in [-0.3, -0.25) is 14.4 Å². The van der Waals surface area contributed by atoms with Crippen molar-refractivity contribution in [1.82, 2.24) is 4.90 Å². The van der Waals surface area contributed by atoms with Crippen LogP contribution in [-0.2, 0) is 19.1 Å². The number of fused-ring (bicyclic) bond motifs is 2. The Morgan fingerprint density at radius 3 is 2.32 bits per heavy atom. The lowest BCUT2D eigenvalue weighted by molar-refractivity contribution is -0.141. The first kappa shape index (κ1) is 24.6. The molecule has 0 aromatic heterocycles. The molecule has 2 saturated heterocycles. The monoisotopic (exact) mass is 513 g/mol. The molecule has 4 aliphatic heterocycles. The Morgan fingerprint density at radius 2 is 1.61 bits per heavy atom. The van der Waals surface area contributed by atoms with Crippen molar-refractivity contribution in [3.8, 4) is 0 Å². The number of hydrogen-bond acceptors (Lipinski definition) is 5. The third kappa shape index (κ3) is 3.47. The molecule has 2 aromatic rings. The number of aliphatic hydroxyl groups is 1. The van der Waals surface area contributed by atoms with E-state index in [2.05, 4.69) is 0 Å². The van der Waals surface area contributed by atoms with Crippen molar-refractivity contribution < 1.29 is 24.2 Å². The van der Waals surface area contributed by atoms with Crippen LogP contribution in [0, 0.1) is 25.7 Å². The first-order valence-electron chi connectivity index (χ1n) is 13.1. The lowest BCUT2D eigenvalue weighted by Gasteiger charge is -2.35. The van der Waals surface area contributed by atoms with E-state index in [1.165, 1.54) is 4.90 Å². The number of carbonyl (C=O) groups excluding carboxylic acids is 3. The van der Waals surface area contributed by atoms with E-state index in [9.17, 15) is 19.5 Å². The van der Waals surface area contributed by atoms with Crippen molar-refractivity contribution >= 4 is 29.1 Å². The summed E-state index contributed by atoms with van der Waals surface area (Å²) >= 11 is 0. The third-order valence-corrected chi connectivity index (χ3v) is 8.28. The van der Waals surface area contributed by atoms with Crippen LogP contribution in [0.1, 0.15) is 11.1 Å². The van der Waals surface area contributed by atoms with Gasteiger partial charge in [0.15, 0.2) is 0 Å². The van der Waals surface area contributed by atoms with Gasteiger partial charge in [-0.1, -0.05) is 60.7 Å². The summed E-state index contributed by atoms with van der Waals surface area (Å²) in [6.07, 6.45) is 6.80. The van der Waals surface area contributed by atoms with Gasteiger partial charge in [-0.05, 0) is 37.1 Å². The van der Waals surface area contributed by atoms with E-state index in [0.717, 1.165) is 22.5 Å². The average molecular weight is 514 g/mol. The maximum Gasteiger partial charge on any atom is 0.253 e. The van der Waals surface area contributed by atoms with Gasteiger partial charge < -0.3 is 24.5 Å². The average Bonchev–Trinajstić information content (AvgIpc) is 3.21. The van der Waals surface area contributed by atoms with E-state index in [1.807, 2.05) is 86.7 Å². The fourth-order valence-corrected chi connectivity index (χ4v) is 6.76. The molecule has 8 nitrogen and oxygen atoms in total. The summed E-state index contributed by atoms with van der Waals surface area (Å²) in [7, 11) is 0. The zero-order chi connectivity index (χ0) is 26.6. The summed E-state index contributed by atoms with van der Waals surface area (Å²) in [5.74, 6) is -2.50. The summed E-state index contributed by atoms with van der Waals surface area (Å²) in [5.41, 5.74) is 2.13. The Balaban J connectivity index is 1.45. The molecule has 8 heteroatoms. The summed E-state index contributed by atoms with van der Waals surface area (Å²) < 4.78 is 6.64. The summed E-state index contributed by atoms with van der Waals surface area (Å²) in [5, 5.41) is 9.88. The number of rotatable bonds is 4. The van der Waals surface area contributed by atoms with Crippen molar-refractivity contribution in [3.63, 3.8) is 0 Å². The predicted molar refractivity (Wildman–Crippen MR) is 143 cm³/mol. The van der Waals surface area contributed by atoms with Gasteiger partial charge in [-0.2, -0.15) is 0 Å². The lowest BCUT2D eigenvalue weighted by Crippen LogP contribution is -2.56. The molecule has 1 spiro atoms. The highest BCUT2D eigenvalue weighted by Gasteiger charge is 2.71. The largest absolute Gasteiger partial charge is 0.395 e. The standard InChI is InChI=1S/C30H31N3O5/c1-19-9-6-10-20(2)25(19)32-16-8-14-30-24(28(36)33(17-18-34)26(30)29(32)37)23-22(38-30)13-7-15-31(27(23)35)21-11-4-3-5-12-21/h3-14,22-24,26,34H,15-18H2,1-2H3/t22-,23+,24+,26?,30+/m1/s1. The quantitative estimate of drug-likeness (QED) is 0.634. The van der Waals surface area contributed by atoms with Crippen LogP contribution in [0.25, 0.3) is 0 Å². The molecular formula is C30H31N3O5. The van der Waals surface area contributed by atoms with Crippen LogP contribution in [-0.4, -0.2) is 71.7 Å². The Kier molecular flexibility index (Phi) is 5.96. The number of carbonyl (C=O) groups is 3. The van der Waals surface area contributed by atoms with Crippen LogP contribution in [0.15, 0.2) is 72.8 Å². The molecule has 6 rings (SSSR count). The van der Waals surface area contributed by atoms with Crippen molar-refractivity contribution in [2.45, 2.75) is 31.6 Å². The van der Waals surface area contributed by atoms with Gasteiger partial charge in [-0.15, -0.1) is 0 Å². The van der Waals surface area contributed by atoms with Crippen molar-refractivity contribution in [2.24, 2.45) is 11.8 Å². The minimum absolute atomic E-state index is 0.0188. The van der Waals surface area contributed by atoms with Crippen molar-refractivity contribution in [2.75, 3.05) is 36.0 Å². The minimum atomic E-state index is -1.32. The molecule has 4 heterocycles. The molecule has 196 valence electrons. The molecule has 2 fully saturated rings. The molecule has 2 aromatic carbocycles. The van der Waals surface area contributed by atoms with Gasteiger partial charge in [0.05, 0.1) is 24.5 Å². The number of aliphatic hydroxyl groups excluding tert-OH is 1. The van der Waals surface area contributed by atoms with Crippen LogP contribution in [0.2, 0.25) is 0 Å². The van der Waals surface area contributed by atoms with Crippen LogP contribution in [0.3, 0.4) is 0 Å². The molecule has 0 radical (unpaired) electrons. The Hall–Kier alpha value is -3.75. The predicted octanol–water partition coefficient (Wildman–Crippen LogP) is 2.38. The van der Waals surface area contributed by atoms with E-state index >= 15 is 0 Å². The van der Waals surface area contributed by atoms with Crippen LogP contribution >= 0.6 is 0 Å². The second kappa shape index (κ2) is 9.22. The minimum Gasteiger partial charge on any atom is -0.395 e. The van der Waals surface area contributed by atoms with Gasteiger partial charge >= 0.3 is 0 Å². The second-order valence-corrected chi connectivity index (χ2v) is 10.4. The molecule has 1 N–H and O–H groups in total. The molecule has 0 bridgehead atoms. The number of para-hydroxylation sites is 2. The SMILES string of the molecule is Cc1cccc(C)c1N1CC=C[C@]23O[C@@H]4C=CCN(c5ccccc5)C(=O)[C@@H]4[C@H]2C(=O)N(CCO)C3C1=O. The Morgan fingerprint density at radius 1 is 0.895 bits per heavy atom. The number of nitrogens with zero attached hydrogens (tertiary/aromatic N) is 3. The number of β-amino-alcohol motifs (C(OH)–C–C–N with tert-alkyl or cyclic N) is 1. The number of likely N-dealkylation sites (tertiary alicyclic amines) is 1. The van der Waals surface area contributed by atoms with Gasteiger partial charge in [0, 0.05) is 31.0 Å². The second-order valence-electron chi connectivity index (χ2n) is 10.4. The van der Waals surface area contributed by atoms with E-state index in [-0.39, 0.29) is 30.9 Å². The number of anilines is 2. The van der Waals surface area contributed by atoms with Gasteiger partial charge in [-0.25, -0.2) is 0 Å². The van der Waals surface area contributed by atoms with E-state index in [4.69, 9.17) is 4.74 Å². The Labute approximate surface area is 221 Å². The lowest BCUT2D eigenvalue weighted by atomic mass is 9.77. The summed E-state index contributed by atoms with van der Waals surface area (Å²) in [4.78, 5) is 47.3. The molecule has 0 saturated carbocycles. The number of ether oxygens (including phenoxy) is 1. The normalized spacial score (nSPS) is 30.3.